The number of nitrogens with one attached hydrogen (secondary N) is 3. The minimum Gasteiger partial charge on any atom is -0.309 e. The molecule has 1 aromatic heterocycles. The summed E-state index contributed by atoms with van der Waals surface area (Å²) >= 11 is 0. The predicted octanol–water partition coefficient (Wildman–Crippen LogP) is 9.27. The first-order chi connectivity index (χ1) is 22.6. The molecule has 9 rings (SSSR count). The average Bonchev–Trinajstić information content (AvgIpc) is 3.58. The Morgan fingerprint density at radius 3 is 1.80 bits per heavy atom. The number of fused-ring (bicyclic) bond motifs is 7. The van der Waals surface area contributed by atoms with Gasteiger partial charge >= 0.3 is 0 Å². The van der Waals surface area contributed by atoms with Crippen LogP contribution in [0.5, 0.6) is 0 Å². The van der Waals surface area contributed by atoms with Crippen molar-refractivity contribution in [3.8, 4) is 16.8 Å². The average molecular weight is 597 g/mol. The van der Waals surface area contributed by atoms with Gasteiger partial charge in [0.25, 0.3) is 0 Å². The largest absolute Gasteiger partial charge is 0.309 e. The van der Waals surface area contributed by atoms with Gasteiger partial charge in [-0.25, -0.2) is 0 Å². The van der Waals surface area contributed by atoms with E-state index in [0.29, 0.717) is 0 Å². The zero-order valence-corrected chi connectivity index (χ0v) is 26.0. The van der Waals surface area contributed by atoms with Gasteiger partial charge in [0, 0.05) is 21.9 Å². The molecule has 1 saturated heterocycles. The Labute approximate surface area is 269 Å². The van der Waals surface area contributed by atoms with Crippen molar-refractivity contribution in [1.82, 2.24) is 20.5 Å². The molecule has 0 radical (unpaired) electrons. The van der Waals surface area contributed by atoms with Crippen LogP contribution in [0.4, 0.5) is 0 Å². The summed E-state index contributed by atoms with van der Waals surface area (Å²) in [7, 11) is 0. The molecule has 0 spiro atoms. The van der Waals surface area contributed by atoms with Crippen molar-refractivity contribution in [3.63, 3.8) is 0 Å². The molecule has 0 saturated carbocycles. The highest BCUT2D eigenvalue weighted by atomic mass is 15.4. The Kier molecular flexibility index (Phi) is 6.26. The summed E-state index contributed by atoms with van der Waals surface area (Å²) in [5.74, 6) is 0. The maximum Gasteiger partial charge on any atom is 0.0865 e. The van der Waals surface area contributed by atoms with E-state index in [1.165, 1.54) is 60.8 Å². The highest BCUT2D eigenvalue weighted by Crippen LogP contribution is 2.53. The molecule has 2 heterocycles. The standard InChI is InChI=1S/C42H36N4/c1-42(2)33-22-11-9-20-31(33)37-34(42)24-25-36-38(37)32-21-10-12-23-35(32)46(36)30-19-13-18-29(26-30)41-44-39(27-14-5-3-6-15-27)43-40(45-41)28-16-7-4-8-17-28/h3-26,39-41,43-45H,1-2H3. The fourth-order valence-corrected chi connectivity index (χ4v) is 7.89. The molecular formula is C42H36N4. The van der Waals surface area contributed by atoms with Gasteiger partial charge in [-0.15, -0.1) is 0 Å². The molecule has 224 valence electrons. The lowest BCUT2D eigenvalue weighted by atomic mass is 9.82. The Hall–Kier alpha value is -5.00. The van der Waals surface area contributed by atoms with Crippen molar-refractivity contribution in [3.05, 3.63) is 173 Å². The first-order valence-electron chi connectivity index (χ1n) is 16.2. The molecule has 6 aromatic carbocycles. The molecule has 46 heavy (non-hydrogen) atoms. The van der Waals surface area contributed by atoms with Gasteiger partial charge in [0.1, 0.15) is 0 Å². The molecule has 4 heteroatoms. The van der Waals surface area contributed by atoms with Gasteiger partial charge in [-0.2, -0.15) is 0 Å². The Bertz CT molecular complexity index is 2180. The topological polar surface area (TPSA) is 41.0 Å². The Morgan fingerprint density at radius 2 is 1.09 bits per heavy atom. The van der Waals surface area contributed by atoms with Gasteiger partial charge in [-0.3, -0.25) is 16.0 Å². The molecule has 0 amide bonds. The van der Waals surface area contributed by atoms with E-state index in [1.54, 1.807) is 0 Å². The second-order valence-electron chi connectivity index (χ2n) is 13.1. The summed E-state index contributed by atoms with van der Waals surface area (Å²) in [4.78, 5) is 0. The number of hydrogen-bond acceptors (Lipinski definition) is 3. The van der Waals surface area contributed by atoms with Gasteiger partial charge in [0.15, 0.2) is 0 Å². The van der Waals surface area contributed by atoms with Crippen LogP contribution >= 0.6 is 0 Å². The second-order valence-corrected chi connectivity index (χ2v) is 13.1. The van der Waals surface area contributed by atoms with Gasteiger partial charge in [0.05, 0.1) is 29.5 Å². The van der Waals surface area contributed by atoms with Crippen LogP contribution in [-0.4, -0.2) is 4.57 Å². The number of benzene rings is 6. The van der Waals surface area contributed by atoms with E-state index in [9.17, 15) is 0 Å². The maximum atomic E-state index is 3.86. The molecule has 2 unspecified atom stereocenters. The third-order valence-corrected chi connectivity index (χ3v) is 10.1. The van der Waals surface area contributed by atoms with Crippen molar-refractivity contribution >= 4 is 21.8 Å². The number of nitrogens with zero attached hydrogens (tertiary/aromatic N) is 1. The van der Waals surface area contributed by atoms with E-state index in [-0.39, 0.29) is 23.9 Å². The number of hydrogen-bond donors (Lipinski definition) is 3. The minimum atomic E-state index is -0.0679. The number of rotatable bonds is 4. The van der Waals surface area contributed by atoms with Crippen molar-refractivity contribution in [2.45, 2.75) is 37.8 Å². The van der Waals surface area contributed by atoms with E-state index in [0.717, 1.165) is 5.69 Å². The van der Waals surface area contributed by atoms with Crippen LogP contribution in [0.25, 0.3) is 38.6 Å². The van der Waals surface area contributed by atoms with Crippen LogP contribution in [0, 0.1) is 0 Å². The van der Waals surface area contributed by atoms with Gasteiger partial charge in [0.2, 0.25) is 0 Å². The van der Waals surface area contributed by atoms with Crippen LogP contribution in [0.2, 0.25) is 0 Å². The molecule has 0 bridgehead atoms. The predicted molar refractivity (Wildman–Crippen MR) is 189 cm³/mol. The zero-order valence-electron chi connectivity index (χ0n) is 26.0. The van der Waals surface area contributed by atoms with Crippen LogP contribution < -0.4 is 16.0 Å². The monoisotopic (exact) mass is 596 g/mol. The molecule has 2 atom stereocenters. The van der Waals surface area contributed by atoms with E-state index >= 15 is 0 Å². The molecule has 1 aliphatic heterocycles. The summed E-state index contributed by atoms with van der Waals surface area (Å²) in [5, 5.41) is 14.1. The first-order valence-corrected chi connectivity index (χ1v) is 16.2. The second kappa shape index (κ2) is 10.5. The molecule has 4 nitrogen and oxygen atoms in total. The summed E-state index contributed by atoms with van der Waals surface area (Å²) in [6.45, 7) is 4.72. The van der Waals surface area contributed by atoms with Gasteiger partial charge in [-0.05, 0) is 63.2 Å². The van der Waals surface area contributed by atoms with Crippen LogP contribution in [0.3, 0.4) is 0 Å². The maximum absolute atomic E-state index is 3.86. The van der Waals surface area contributed by atoms with Gasteiger partial charge < -0.3 is 4.57 Å². The van der Waals surface area contributed by atoms with Crippen molar-refractivity contribution < 1.29 is 0 Å². The molecule has 1 aliphatic carbocycles. The van der Waals surface area contributed by atoms with Crippen LogP contribution in [0.1, 0.15) is 60.2 Å². The quantitative estimate of drug-likeness (QED) is 0.190. The smallest absolute Gasteiger partial charge is 0.0865 e. The Morgan fingerprint density at radius 1 is 0.500 bits per heavy atom. The summed E-state index contributed by atoms with van der Waals surface area (Å²) in [5.41, 5.74) is 12.7. The number of aromatic nitrogens is 1. The lowest BCUT2D eigenvalue weighted by molar-refractivity contribution is 0.203. The minimum absolute atomic E-state index is 0.0134. The van der Waals surface area contributed by atoms with Gasteiger partial charge in [-0.1, -0.05) is 135 Å². The third kappa shape index (κ3) is 4.19. The van der Waals surface area contributed by atoms with E-state index in [4.69, 9.17) is 0 Å². The fourth-order valence-electron chi connectivity index (χ4n) is 7.89. The third-order valence-electron chi connectivity index (χ3n) is 10.1. The normalized spacial score (nSPS) is 20.1. The highest BCUT2D eigenvalue weighted by Gasteiger charge is 2.37. The van der Waals surface area contributed by atoms with Crippen molar-refractivity contribution in [2.24, 2.45) is 0 Å². The summed E-state index contributed by atoms with van der Waals surface area (Å²) < 4.78 is 2.45. The molecule has 3 N–H and O–H groups in total. The van der Waals surface area contributed by atoms with Crippen molar-refractivity contribution in [1.29, 1.82) is 0 Å². The zero-order chi connectivity index (χ0) is 30.8. The fraction of sp³-hybridized carbons (Fsp3) is 0.143. The van der Waals surface area contributed by atoms with Crippen LogP contribution in [-0.2, 0) is 5.41 Å². The lowest BCUT2D eigenvalue weighted by Gasteiger charge is -2.39. The molecule has 7 aromatic rings. The van der Waals surface area contributed by atoms with Crippen LogP contribution in [0.15, 0.2) is 146 Å². The SMILES string of the molecule is CC1(C)c2ccccc2-c2c1ccc1c2c2ccccc2n1-c1cccc(C2NC(c3ccccc3)NC(c3ccccc3)N2)c1. The Balaban J connectivity index is 1.19. The van der Waals surface area contributed by atoms with E-state index in [1.807, 2.05) is 0 Å². The van der Waals surface area contributed by atoms with Crippen molar-refractivity contribution in [2.75, 3.05) is 0 Å². The molecule has 1 fully saturated rings. The molecule has 2 aliphatic rings. The summed E-state index contributed by atoms with van der Waals surface area (Å²) in [6.07, 6.45) is -0.0947. The lowest BCUT2D eigenvalue weighted by Crippen LogP contribution is -2.54. The summed E-state index contributed by atoms with van der Waals surface area (Å²) in [6, 6.07) is 52.8. The van der Waals surface area contributed by atoms with E-state index < -0.39 is 0 Å². The first kappa shape index (κ1) is 27.3. The highest BCUT2D eigenvalue weighted by molar-refractivity contribution is 6.17. The number of para-hydroxylation sites is 1. The molecular weight excluding hydrogens is 560 g/mol. The van der Waals surface area contributed by atoms with E-state index in [2.05, 4.69) is 180 Å².